The van der Waals surface area contributed by atoms with Gasteiger partial charge in [-0.15, -0.1) is 0 Å². The molecule has 1 aromatic heterocycles. The zero-order valence-corrected chi connectivity index (χ0v) is 12.4. The van der Waals surface area contributed by atoms with Crippen LogP contribution in [0, 0.1) is 0 Å². The minimum absolute atomic E-state index is 0.266. The quantitative estimate of drug-likeness (QED) is 0.918. The number of rotatable bonds is 3. The summed E-state index contributed by atoms with van der Waals surface area (Å²) in [4.78, 5) is 4.64. The molecule has 1 aliphatic rings. The third-order valence-electron chi connectivity index (χ3n) is 4.16. The third kappa shape index (κ3) is 2.58. The van der Waals surface area contributed by atoms with Crippen LogP contribution in [-0.2, 0) is 6.42 Å². The van der Waals surface area contributed by atoms with Crippen molar-refractivity contribution in [3.05, 3.63) is 64.4 Å². The van der Waals surface area contributed by atoms with Crippen molar-refractivity contribution in [2.75, 3.05) is 7.05 Å². The molecule has 104 valence electrons. The Morgan fingerprint density at radius 3 is 3.00 bits per heavy atom. The molecule has 3 rings (SSSR count). The van der Waals surface area contributed by atoms with Gasteiger partial charge >= 0.3 is 0 Å². The van der Waals surface area contributed by atoms with E-state index in [4.69, 9.17) is 11.6 Å². The van der Waals surface area contributed by atoms with Crippen molar-refractivity contribution in [2.45, 2.75) is 31.2 Å². The first kappa shape index (κ1) is 13.6. The SMILES string of the molecule is CNC(c1cccc(Cl)c1)C1CCCc2cccnc21. The van der Waals surface area contributed by atoms with E-state index in [9.17, 15) is 0 Å². The molecule has 0 amide bonds. The van der Waals surface area contributed by atoms with Gasteiger partial charge in [0.15, 0.2) is 0 Å². The predicted octanol–water partition coefficient (Wildman–Crippen LogP) is 4.12. The number of benzene rings is 1. The zero-order chi connectivity index (χ0) is 13.9. The molecule has 0 fully saturated rings. The van der Waals surface area contributed by atoms with Crippen LogP contribution in [-0.4, -0.2) is 12.0 Å². The lowest BCUT2D eigenvalue weighted by Crippen LogP contribution is -2.27. The fraction of sp³-hybridized carbons (Fsp3) is 0.353. The van der Waals surface area contributed by atoms with Gasteiger partial charge in [-0.05, 0) is 55.6 Å². The molecule has 3 heteroatoms. The van der Waals surface area contributed by atoms with E-state index < -0.39 is 0 Å². The number of pyridine rings is 1. The van der Waals surface area contributed by atoms with Crippen LogP contribution in [0.5, 0.6) is 0 Å². The van der Waals surface area contributed by atoms with Crippen molar-refractivity contribution >= 4 is 11.6 Å². The van der Waals surface area contributed by atoms with Crippen LogP contribution < -0.4 is 5.32 Å². The normalized spacial score (nSPS) is 19.4. The lowest BCUT2D eigenvalue weighted by Gasteiger charge is -2.31. The number of aromatic nitrogens is 1. The molecule has 2 unspecified atom stereocenters. The van der Waals surface area contributed by atoms with Crippen molar-refractivity contribution in [3.8, 4) is 0 Å². The smallest absolute Gasteiger partial charge is 0.0485 e. The van der Waals surface area contributed by atoms with Crippen LogP contribution in [0.3, 0.4) is 0 Å². The molecule has 2 aromatic rings. The first-order valence-electron chi connectivity index (χ1n) is 7.16. The molecule has 1 heterocycles. The van der Waals surface area contributed by atoms with Crippen LogP contribution in [0.4, 0.5) is 0 Å². The van der Waals surface area contributed by atoms with Gasteiger partial charge < -0.3 is 5.32 Å². The first-order chi connectivity index (χ1) is 9.79. The van der Waals surface area contributed by atoms with E-state index in [-0.39, 0.29) is 6.04 Å². The van der Waals surface area contributed by atoms with Crippen molar-refractivity contribution in [1.29, 1.82) is 0 Å². The summed E-state index contributed by atoms with van der Waals surface area (Å²) in [6, 6.07) is 12.6. The van der Waals surface area contributed by atoms with E-state index in [0.717, 1.165) is 11.4 Å². The largest absolute Gasteiger partial charge is 0.312 e. The average Bonchev–Trinajstić information content (AvgIpc) is 2.48. The highest BCUT2D eigenvalue weighted by atomic mass is 35.5. The lowest BCUT2D eigenvalue weighted by molar-refractivity contribution is 0.416. The van der Waals surface area contributed by atoms with Crippen LogP contribution in [0.15, 0.2) is 42.6 Å². The second-order valence-corrected chi connectivity index (χ2v) is 5.80. The Morgan fingerprint density at radius 2 is 2.20 bits per heavy atom. The van der Waals surface area contributed by atoms with Gasteiger partial charge in [0.25, 0.3) is 0 Å². The molecule has 0 saturated carbocycles. The van der Waals surface area contributed by atoms with Gasteiger partial charge in [0.1, 0.15) is 0 Å². The number of hydrogen-bond acceptors (Lipinski definition) is 2. The van der Waals surface area contributed by atoms with E-state index in [1.807, 2.05) is 31.4 Å². The van der Waals surface area contributed by atoms with Gasteiger partial charge in [0, 0.05) is 28.9 Å². The fourth-order valence-corrected chi connectivity index (χ4v) is 3.47. The topological polar surface area (TPSA) is 24.9 Å². The number of aryl methyl sites for hydroxylation is 1. The van der Waals surface area contributed by atoms with Crippen LogP contribution >= 0.6 is 11.6 Å². The monoisotopic (exact) mass is 286 g/mol. The molecule has 1 aliphatic carbocycles. The molecule has 0 spiro atoms. The Kier molecular flexibility index (Phi) is 4.04. The summed E-state index contributed by atoms with van der Waals surface area (Å²) in [6.45, 7) is 0. The maximum absolute atomic E-state index is 6.14. The zero-order valence-electron chi connectivity index (χ0n) is 11.6. The van der Waals surface area contributed by atoms with Gasteiger partial charge in [0.05, 0.1) is 0 Å². The number of nitrogens with zero attached hydrogens (tertiary/aromatic N) is 1. The number of nitrogens with one attached hydrogen (secondary N) is 1. The Hall–Kier alpha value is -1.38. The number of halogens is 1. The molecule has 1 aromatic carbocycles. The second-order valence-electron chi connectivity index (χ2n) is 5.37. The third-order valence-corrected chi connectivity index (χ3v) is 4.39. The Bertz CT molecular complexity index is 597. The molecule has 20 heavy (non-hydrogen) atoms. The van der Waals surface area contributed by atoms with Crippen molar-refractivity contribution in [2.24, 2.45) is 0 Å². The molecular formula is C17H19ClN2. The molecule has 2 nitrogen and oxygen atoms in total. The van der Waals surface area contributed by atoms with E-state index in [1.165, 1.54) is 29.7 Å². The van der Waals surface area contributed by atoms with E-state index in [0.29, 0.717) is 5.92 Å². The summed E-state index contributed by atoms with van der Waals surface area (Å²) in [7, 11) is 2.02. The average molecular weight is 287 g/mol. The maximum atomic E-state index is 6.14. The highest BCUT2D eigenvalue weighted by Gasteiger charge is 2.29. The fourth-order valence-electron chi connectivity index (χ4n) is 3.27. The highest BCUT2D eigenvalue weighted by molar-refractivity contribution is 6.30. The van der Waals surface area contributed by atoms with E-state index in [2.05, 4.69) is 28.5 Å². The van der Waals surface area contributed by atoms with Crippen LogP contribution in [0.2, 0.25) is 5.02 Å². The predicted molar refractivity (Wildman–Crippen MR) is 83.2 cm³/mol. The highest BCUT2D eigenvalue weighted by Crippen LogP contribution is 2.39. The van der Waals surface area contributed by atoms with E-state index in [1.54, 1.807) is 0 Å². The maximum Gasteiger partial charge on any atom is 0.0485 e. The first-order valence-corrected chi connectivity index (χ1v) is 7.54. The second kappa shape index (κ2) is 5.94. The summed E-state index contributed by atoms with van der Waals surface area (Å²) >= 11 is 6.14. The standard InChI is InChI=1S/C17H19ClN2/c1-19-16(13-6-2-8-14(18)11-13)15-9-3-5-12-7-4-10-20-17(12)15/h2,4,6-8,10-11,15-16,19H,3,5,9H2,1H3. The molecule has 2 atom stereocenters. The van der Waals surface area contributed by atoms with Crippen LogP contribution in [0.1, 0.15) is 41.6 Å². The molecular weight excluding hydrogens is 268 g/mol. The molecule has 0 saturated heterocycles. The van der Waals surface area contributed by atoms with Gasteiger partial charge in [-0.25, -0.2) is 0 Å². The number of hydrogen-bond donors (Lipinski definition) is 1. The Morgan fingerprint density at radius 1 is 1.30 bits per heavy atom. The minimum atomic E-state index is 0.266. The molecule has 0 bridgehead atoms. The Labute approximate surface area is 125 Å². The van der Waals surface area contributed by atoms with Gasteiger partial charge in [-0.1, -0.05) is 29.8 Å². The van der Waals surface area contributed by atoms with Crippen molar-refractivity contribution in [1.82, 2.24) is 10.3 Å². The van der Waals surface area contributed by atoms with E-state index >= 15 is 0 Å². The summed E-state index contributed by atoms with van der Waals surface area (Å²) in [5.74, 6) is 0.420. The summed E-state index contributed by atoms with van der Waals surface area (Å²) in [5, 5.41) is 4.25. The van der Waals surface area contributed by atoms with Gasteiger partial charge in [-0.3, -0.25) is 4.98 Å². The summed E-state index contributed by atoms with van der Waals surface area (Å²) < 4.78 is 0. The number of likely N-dealkylation sites (N-methyl/N-ethyl adjacent to an activating group) is 1. The van der Waals surface area contributed by atoms with Crippen LogP contribution in [0.25, 0.3) is 0 Å². The number of fused-ring (bicyclic) bond motifs is 1. The van der Waals surface area contributed by atoms with Gasteiger partial charge in [-0.2, -0.15) is 0 Å². The lowest BCUT2D eigenvalue weighted by atomic mass is 9.79. The molecule has 0 aliphatic heterocycles. The Balaban J connectivity index is 1.99. The minimum Gasteiger partial charge on any atom is -0.312 e. The summed E-state index contributed by atoms with van der Waals surface area (Å²) in [5.41, 5.74) is 3.88. The van der Waals surface area contributed by atoms with Crippen molar-refractivity contribution < 1.29 is 0 Å². The molecule has 0 radical (unpaired) electrons. The van der Waals surface area contributed by atoms with Gasteiger partial charge in [0.2, 0.25) is 0 Å². The summed E-state index contributed by atoms with van der Waals surface area (Å²) in [6.07, 6.45) is 5.44. The molecule has 1 N–H and O–H groups in total. The van der Waals surface area contributed by atoms with Crippen molar-refractivity contribution in [3.63, 3.8) is 0 Å².